The SMILES string of the molecule is O=C(O)C(O)c1cccc(C(F)(F)F)n1. The molecule has 1 heterocycles. The van der Waals surface area contributed by atoms with Crippen molar-refractivity contribution in [3.05, 3.63) is 29.6 Å². The van der Waals surface area contributed by atoms with Crippen molar-refractivity contribution in [2.24, 2.45) is 0 Å². The molecular weight excluding hydrogens is 215 g/mol. The highest BCUT2D eigenvalue weighted by atomic mass is 19.4. The van der Waals surface area contributed by atoms with Crippen LogP contribution in [0.15, 0.2) is 18.2 Å². The molecule has 0 bridgehead atoms. The van der Waals surface area contributed by atoms with Gasteiger partial charge in [0.15, 0.2) is 6.10 Å². The maximum absolute atomic E-state index is 12.1. The molecule has 0 aliphatic carbocycles. The first-order valence-corrected chi connectivity index (χ1v) is 3.77. The van der Waals surface area contributed by atoms with Gasteiger partial charge in [0.1, 0.15) is 5.69 Å². The predicted molar refractivity (Wildman–Crippen MR) is 41.8 cm³/mol. The highest BCUT2D eigenvalue weighted by Gasteiger charge is 2.33. The molecule has 0 amide bonds. The van der Waals surface area contributed by atoms with Gasteiger partial charge < -0.3 is 10.2 Å². The molecular formula is C8H6F3NO3. The minimum atomic E-state index is -4.66. The van der Waals surface area contributed by atoms with Crippen molar-refractivity contribution in [1.29, 1.82) is 0 Å². The summed E-state index contributed by atoms with van der Waals surface area (Å²) in [5.74, 6) is -1.65. The maximum Gasteiger partial charge on any atom is 0.433 e. The number of aliphatic hydroxyl groups excluding tert-OH is 1. The number of carbonyl (C=O) groups is 1. The maximum atomic E-state index is 12.1. The van der Waals surface area contributed by atoms with Crippen molar-refractivity contribution in [2.45, 2.75) is 12.3 Å². The van der Waals surface area contributed by atoms with Crippen LogP contribution in [-0.2, 0) is 11.0 Å². The molecule has 1 aromatic heterocycles. The number of aliphatic hydroxyl groups is 1. The number of carboxylic acids is 1. The molecule has 15 heavy (non-hydrogen) atoms. The van der Waals surface area contributed by atoms with E-state index in [-0.39, 0.29) is 0 Å². The lowest BCUT2D eigenvalue weighted by molar-refractivity contribution is -0.148. The van der Waals surface area contributed by atoms with Crippen LogP contribution in [0.5, 0.6) is 0 Å². The Kier molecular flexibility index (Phi) is 2.94. The lowest BCUT2D eigenvalue weighted by atomic mass is 10.2. The summed E-state index contributed by atoms with van der Waals surface area (Å²) >= 11 is 0. The van der Waals surface area contributed by atoms with Crippen LogP contribution in [0.25, 0.3) is 0 Å². The van der Waals surface area contributed by atoms with Crippen molar-refractivity contribution in [3.8, 4) is 0 Å². The number of halogens is 3. The Morgan fingerprint density at radius 2 is 2.00 bits per heavy atom. The lowest BCUT2D eigenvalue weighted by Crippen LogP contribution is -2.15. The minimum absolute atomic E-state index is 0.544. The number of pyridine rings is 1. The zero-order valence-electron chi connectivity index (χ0n) is 7.19. The number of carboxylic acid groups (broad SMARTS) is 1. The molecule has 0 saturated heterocycles. The van der Waals surface area contributed by atoms with E-state index in [1.807, 2.05) is 0 Å². The van der Waals surface area contributed by atoms with Crippen molar-refractivity contribution in [1.82, 2.24) is 4.98 Å². The average molecular weight is 221 g/mol. The van der Waals surface area contributed by atoms with Crippen molar-refractivity contribution < 1.29 is 28.2 Å². The van der Waals surface area contributed by atoms with E-state index in [1.165, 1.54) is 0 Å². The van der Waals surface area contributed by atoms with E-state index in [2.05, 4.69) is 4.98 Å². The molecule has 1 atom stereocenters. The van der Waals surface area contributed by atoms with E-state index < -0.39 is 29.6 Å². The standard InChI is InChI=1S/C8H6F3NO3/c9-8(10,11)5-3-1-2-4(12-5)6(13)7(14)15/h1-3,6,13H,(H,14,15). The second kappa shape index (κ2) is 3.85. The quantitative estimate of drug-likeness (QED) is 0.787. The summed E-state index contributed by atoms with van der Waals surface area (Å²) in [6.07, 6.45) is -6.71. The van der Waals surface area contributed by atoms with Gasteiger partial charge in [-0.15, -0.1) is 0 Å². The van der Waals surface area contributed by atoms with Crippen LogP contribution in [0.3, 0.4) is 0 Å². The van der Waals surface area contributed by atoms with Crippen LogP contribution in [-0.4, -0.2) is 21.2 Å². The van der Waals surface area contributed by atoms with Gasteiger partial charge in [0.05, 0.1) is 5.69 Å². The van der Waals surface area contributed by atoms with Crippen LogP contribution >= 0.6 is 0 Å². The average Bonchev–Trinajstić information content (AvgIpc) is 2.15. The van der Waals surface area contributed by atoms with E-state index in [1.54, 1.807) is 0 Å². The molecule has 82 valence electrons. The molecule has 0 aliphatic heterocycles. The van der Waals surface area contributed by atoms with Gasteiger partial charge in [-0.05, 0) is 12.1 Å². The van der Waals surface area contributed by atoms with Gasteiger partial charge in [-0.1, -0.05) is 6.07 Å². The Morgan fingerprint density at radius 1 is 1.40 bits per heavy atom. The highest BCUT2D eigenvalue weighted by Crippen LogP contribution is 2.28. The van der Waals surface area contributed by atoms with Gasteiger partial charge in [-0.25, -0.2) is 9.78 Å². The fourth-order valence-electron chi connectivity index (χ4n) is 0.888. The number of alkyl halides is 3. The van der Waals surface area contributed by atoms with Crippen molar-refractivity contribution >= 4 is 5.97 Å². The van der Waals surface area contributed by atoms with Gasteiger partial charge in [0, 0.05) is 0 Å². The summed E-state index contributed by atoms with van der Waals surface area (Å²) in [4.78, 5) is 13.3. The summed E-state index contributed by atoms with van der Waals surface area (Å²) in [5.41, 5.74) is -1.78. The van der Waals surface area contributed by atoms with Gasteiger partial charge >= 0.3 is 12.1 Å². The summed E-state index contributed by atoms with van der Waals surface area (Å²) in [7, 11) is 0. The molecule has 0 saturated carbocycles. The van der Waals surface area contributed by atoms with Gasteiger partial charge in [-0.2, -0.15) is 13.2 Å². The summed E-state index contributed by atoms with van der Waals surface area (Å²) in [6, 6.07) is 2.68. The third-order valence-corrected chi connectivity index (χ3v) is 1.58. The molecule has 0 fully saturated rings. The first kappa shape index (κ1) is 11.4. The van der Waals surface area contributed by atoms with Crippen molar-refractivity contribution in [2.75, 3.05) is 0 Å². The Labute approximate surface area is 82.0 Å². The smallest absolute Gasteiger partial charge is 0.433 e. The highest BCUT2D eigenvalue weighted by molar-refractivity contribution is 5.73. The molecule has 0 spiro atoms. The third kappa shape index (κ3) is 2.66. The molecule has 0 aliphatic rings. The third-order valence-electron chi connectivity index (χ3n) is 1.58. The van der Waals surface area contributed by atoms with E-state index in [0.717, 1.165) is 12.1 Å². The molecule has 2 N–H and O–H groups in total. The Morgan fingerprint density at radius 3 is 2.47 bits per heavy atom. The number of nitrogens with zero attached hydrogens (tertiary/aromatic N) is 1. The van der Waals surface area contributed by atoms with Gasteiger partial charge in [0.2, 0.25) is 0 Å². The van der Waals surface area contributed by atoms with Crippen LogP contribution in [0.1, 0.15) is 17.5 Å². The number of hydrogen-bond acceptors (Lipinski definition) is 3. The topological polar surface area (TPSA) is 70.4 Å². The van der Waals surface area contributed by atoms with Crippen LogP contribution in [0.4, 0.5) is 13.2 Å². The van der Waals surface area contributed by atoms with E-state index in [9.17, 15) is 18.0 Å². The van der Waals surface area contributed by atoms with Crippen molar-refractivity contribution in [3.63, 3.8) is 0 Å². The lowest BCUT2D eigenvalue weighted by Gasteiger charge is -2.09. The second-order valence-electron chi connectivity index (χ2n) is 2.69. The zero-order valence-corrected chi connectivity index (χ0v) is 7.19. The van der Waals surface area contributed by atoms with Crippen LogP contribution < -0.4 is 0 Å². The second-order valence-corrected chi connectivity index (χ2v) is 2.69. The fraction of sp³-hybridized carbons (Fsp3) is 0.250. The van der Waals surface area contributed by atoms with Crippen LogP contribution in [0.2, 0.25) is 0 Å². The molecule has 4 nitrogen and oxygen atoms in total. The Hall–Kier alpha value is -1.63. The molecule has 1 aromatic rings. The van der Waals surface area contributed by atoms with Gasteiger partial charge in [0.25, 0.3) is 0 Å². The fourth-order valence-corrected chi connectivity index (χ4v) is 0.888. The molecule has 0 aromatic carbocycles. The largest absolute Gasteiger partial charge is 0.479 e. The normalized spacial score (nSPS) is 13.6. The zero-order chi connectivity index (χ0) is 11.6. The Bertz CT molecular complexity index is 378. The summed E-state index contributed by atoms with van der Waals surface area (Å²) in [6.45, 7) is 0. The molecule has 1 unspecified atom stereocenters. The molecule has 1 rings (SSSR count). The number of hydrogen-bond donors (Lipinski definition) is 2. The number of aliphatic carboxylic acids is 1. The monoisotopic (exact) mass is 221 g/mol. The van der Waals surface area contributed by atoms with E-state index >= 15 is 0 Å². The number of rotatable bonds is 2. The minimum Gasteiger partial charge on any atom is -0.479 e. The molecule has 0 radical (unpaired) electrons. The molecule has 7 heteroatoms. The van der Waals surface area contributed by atoms with E-state index in [0.29, 0.717) is 6.07 Å². The summed E-state index contributed by atoms with van der Waals surface area (Å²) < 4.78 is 36.4. The van der Waals surface area contributed by atoms with Gasteiger partial charge in [-0.3, -0.25) is 0 Å². The first-order valence-electron chi connectivity index (χ1n) is 3.77. The summed E-state index contributed by atoms with van der Waals surface area (Å²) in [5, 5.41) is 17.3. The number of aromatic nitrogens is 1. The van der Waals surface area contributed by atoms with Crippen LogP contribution in [0, 0.1) is 0 Å². The first-order chi connectivity index (χ1) is 6.82. The van der Waals surface area contributed by atoms with E-state index in [4.69, 9.17) is 10.2 Å². The predicted octanol–water partition coefficient (Wildman–Crippen LogP) is 1.22. The Balaban J connectivity index is 3.08.